The van der Waals surface area contributed by atoms with E-state index in [1.807, 2.05) is 13.8 Å². The van der Waals surface area contributed by atoms with E-state index in [1.165, 1.54) is 9.80 Å². The van der Waals surface area contributed by atoms with Crippen LogP contribution in [0.5, 0.6) is 0 Å². The molecular weight excluding hydrogens is 532 g/mol. The summed E-state index contributed by atoms with van der Waals surface area (Å²) in [5.41, 5.74) is 1.61. The van der Waals surface area contributed by atoms with Gasteiger partial charge in [0.2, 0.25) is 23.6 Å². The van der Waals surface area contributed by atoms with Gasteiger partial charge in [0.05, 0.1) is 36.9 Å². The average molecular weight is 577 g/mol. The Kier molecular flexibility index (Phi) is 7.67. The van der Waals surface area contributed by atoms with Crippen LogP contribution >= 0.6 is 0 Å². The number of imide groups is 2. The van der Waals surface area contributed by atoms with Gasteiger partial charge in [-0.05, 0) is 64.2 Å². The predicted octanol–water partition coefficient (Wildman–Crippen LogP) is 4.09. The molecule has 0 aromatic carbocycles. The molecule has 226 valence electrons. The molecule has 2 heterocycles. The Balaban J connectivity index is 0.865. The van der Waals surface area contributed by atoms with Gasteiger partial charge in [-0.3, -0.25) is 29.0 Å². The number of hydrogen-bond acceptors (Lipinski definition) is 6. The molecule has 42 heavy (non-hydrogen) atoms. The topological polar surface area (TPSA) is 93.2 Å². The second-order valence-electron chi connectivity index (χ2n) is 13.8. The summed E-state index contributed by atoms with van der Waals surface area (Å²) in [6.07, 6.45) is 13.1. The zero-order valence-corrected chi connectivity index (χ0v) is 25.0. The van der Waals surface area contributed by atoms with E-state index in [0.29, 0.717) is 52.4 Å². The molecule has 4 aliphatic carbocycles. The van der Waals surface area contributed by atoms with Crippen LogP contribution in [0.3, 0.4) is 0 Å². The third-order valence-corrected chi connectivity index (χ3v) is 10.6. The summed E-state index contributed by atoms with van der Waals surface area (Å²) in [7, 11) is 0. The molecule has 0 radical (unpaired) electrons. The largest absolute Gasteiger partial charge is 0.379 e. The van der Waals surface area contributed by atoms with Crippen molar-refractivity contribution in [2.24, 2.45) is 46.3 Å². The summed E-state index contributed by atoms with van der Waals surface area (Å²) in [5, 5.41) is 0. The number of likely N-dealkylation sites (tertiary alicyclic amines) is 2. The van der Waals surface area contributed by atoms with Crippen molar-refractivity contribution in [2.75, 3.05) is 39.5 Å². The van der Waals surface area contributed by atoms with Gasteiger partial charge < -0.3 is 9.47 Å². The van der Waals surface area contributed by atoms with Crippen molar-refractivity contribution < 1.29 is 28.7 Å². The standard InChI is InChI=1S/C34H44N2O6/c1-21(2)17-33-9-7-23(19-33)25-27(33)31(39)35(29(25)37)11-5-13-41-15-16-42-14-6-12-36-30(38)26-24-8-10-34(20-24,18-22(3)4)28(26)32(36)40/h7-10,23-28H,1,3,5-6,11-20H2,2,4H3. The van der Waals surface area contributed by atoms with Crippen molar-refractivity contribution >= 4 is 23.6 Å². The van der Waals surface area contributed by atoms with Gasteiger partial charge in [-0.1, -0.05) is 35.5 Å². The number of amides is 4. The zero-order chi connectivity index (χ0) is 29.8. The number of nitrogens with zero attached hydrogens (tertiary/aromatic N) is 2. The van der Waals surface area contributed by atoms with Gasteiger partial charge in [-0.15, -0.1) is 13.2 Å². The van der Waals surface area contributed by atoms with Gasteiger partial charge in [0, 0.05) is 37.1 Å². The van der Waals surface area contributed by atoms with Crippen LogP contribution in [0, 0.1) is 46.3 Å². The molecule has 0 aromatic rings. The highest BCUT2D eigenvalue weighted by molar-refractivity contribution is 6.07. The van der Waals surface area contributed by atoms with Gasteiger partial charge in [0.1, 0.15) is 0 Å². The van der Waals surface area contributed by atoms with Gasteiger partial charge in [-0.25, -0.2) is 0 Å². The van der Waals surface area contributed by atoms with Crippen LogP contribution in [0.15, 0.2) is 48.6 Å². The second kappa shape index (κ2) is 11.0. The van der Waals surface area contributed by atoms with Crippen molar-refractivity contribution in [3.63, 3.8) is 0 Å². The highest BCUT2D eigenvalue weighted by Crippen LogP contribution is 2.63. The molecule has 4 bridgehead atoms. The molecule has 4 fully saturated rings. The average Bonchev–Trinajstić information content (AvgIpc) is 3.74. The summed E-state index contributed by atoms with van der Waals surface area (Å²) in [6, 6.07) is 0. The van der Waals surface area contributed by atoms with Crippen LogP contribution < -0.4 is 0 Å². The lowest BCUT2D eigenvalue weighted by Crippen LogP contribution is -2.36. The minimum absolute atomic E-state index is 0.0280. The fraction of sp³-hybridized carbons (Fsp3) is 0.647. The van der Waals surface area contributed by atoms with Crippen LogP contribution in [0.1, 0.15) is 52.4 Å². The molecule has 2 aliphatic heterocycles. The van der Waals surface area contributed by atoms with E-state index in [4.69, 9.17) is 9.47 Å². The summed E-state index contributed by atoms with van der Waals surface area (Å²) >= 11 is 0. The molecule has 0 N–H and O–H groups in total. The molecule has 8 nitrogen and oxygen atoms in total. The Morgan fingerprint density at radius 2 is 1.12 bits per heavy atom. The first-order valence-corrected chi connectivity index (χ1v) is 15.6. The zero-order valence-electron chi connectivity index (χ0n) is 25.0. The van der Waals surface area contributed by atoms with Crippen molar-refractivity contribution in [2.45, 2.75) is 52.4 Å². The number of carbonyl (C=O) groups is 4. The van der Waals surface area contributed by atoms with Crippen LogP contribution in [0.25, 0.3) is 0 Å². The van der Waals surface area contributed by atoms with Crippen molar-refractivity contribution in [1.29, 1.82) is 0 Å². The first-order valence-electron chi connectivity index (χ1n) is 15.6. The van der Waals surface area contributed by atoms with Gasteiger partial charge in [-0.2, -0.15) is 0 Å². The quantitative estimate of drug-likeness (QED) is 0.166. The normalized spacial score (nSPS) is 37.1. The van der Waals surface area contributed by atoms with E-state index in [-0.39, 0.29) is 70.0 Å². The Hall–Kier alpha value is -2.84. The molecule has 6 rings (SSSR count). The number of hydrogen-bond donors (Lipinski definition) is 0. The molecule has 0 spiro atoms. The maximum atomic E-state index is 13.3. The number of rotatable bonds is 15. The number of ether oxygens (including phenoxy) is 2. The van der Waals surface area contributed by atoms with E-state index >= 15 is 0 Å². The monoisotopic (exact) mass is 576 g/mol. The van der Waals surface area contributed by atoms with Crippen molar-refractivity contribution in [1.82, 2.24) is 9.80 Å². The lowest BCUT2D eigenvalue weighted by atomic mass is 9.71. The third kappa shape index (κ3) is 4.66. The summed E-state index contributed by atoms with van der Waals surface area (Å²) in [5.74, 6) is -0.726. The first kappa shape index (κ1) is 29.2. The fourth-order valence-corrected chi connectivity index (χ4v) is 9.33. The number of carbonyl (C=O) groups excluding carboxylic acids is 4. The molecule has 4 amide bonds. The fourth-order valence-electron chi connectivity index (χ4n) is 9.33. The summed E-state index contributed by atoms with van der Waals surface area (Å²) < 4.78 is 11.4. The lowest BCUT2D eigenvalue weighted by Gasteiger charge is -2.30. The molecule has 0 aromatic heterocycles. The maximum Gasteiger partial charge on any atom is 0.234 e. The lowest BCUT2D eigenvalue weighted by molar-refractivity contribution is -0.143. The Bertz CT molecular complexity index is 1170. The molecule has 8 atom stereocenters. The van der Waals surface area contributed by atoms with E-state index in [2.05, 4.69) is 37.5 Å². The Morgan fingerprint density at radius 1 is 0.714 bits per heavy atom. The smallest absolute Gasteiger partial charge is 0.234 e. The molecule has 2 saturated heterocycles. The molecule has 8 heteroatoms. The van der Waals surface area contributed by atoms with E-state index in [0.717, 1.165) is 36.8 Å². The Morgan fingerprint density at radius 3 is 1.50 bits per heavy atom. The minimum atomic E-state index is -0.249. The number of fused-ring (bicyclic) bond motifs is 10. The molecule has 6 aliphatic rings. The van der Waals surface area contributed by atoms with Gasteiger partial charge in [0.25, 0.3) is 0 Å². The number of allylic oxidation sites excluding steroid dienone is 6. The van der Waals surface area contributed by atoms with E-state index < -0.39 is 0 Å². The molecular formula is C34H44N2O6. The SMILES string of the molecule is C=C(C)CC12C=CC(C1)C1C(=O)N(CCCOCCOCCCN3C(=O)C4C5C=CC(CC(=C)C)(C5)C4C3=O)C(=O)C12. The van der Waals surface area contributed by atoms with Crippen molar-refractivity contribution in [3.8, 4) is 0 Å². The van der Waals surface area contributed by atoms with Crippen LogP contribution in [0.4, 0.5) is 0 Å². The van der Waals surface area contributed by atoms with Crippen LogP contribution in [-0.2, 0) is 28.7 Å². The first-order chi connectivity index (χ1) is 20.1. The summed E-state index contributed by atoms with van der Waals surface area (Å²) in [6.45, 7) is 14.5. The molecule has 8 unspecified atom stereocenters. The second-order valence-corrected chi connectivity index (χ2v) is 13.8. The summed E-state index contributed by atoms with van der Waals surface area (Å²) in [4.78, 5) is 55.6. The van der Waals surface area contributed by atoms with Crippen molar-refractivity contribution in [3.05, 3.63) is 48.6 Å². The third-order valence-electron chi connectivity index (χ3n) is 10.6. The van der Waals surface area contributed by atoms with Crippen LogP contribution in [-0.4, -0.2) is 72.9 Å². The minimum Gasteiger partial charge on any atom is -0.379 e. The van der Waals surface area contributed by atoms with Crippen LogP contribution in [0.2, 0.25) is 0 Å². The maximum absolute atomic E-state index is 13.3. The molecule has 2 saturated carbocycles. The highest BCUT2D eigenvalue weighted by atomic mass is 16.5. The van der Waals surface area contributed by atoms with Gasteiger partial charge >= 0.3 is 0 Å². The van der Waals surface area contributed by atoms with E-state index in [1.54, 1.807) is 0 Å². The Labute approximate surface area is 248 Å². The highest BCUT2D eigenvalue weighted by Gasteiger charge is 2.66. The van der Waals surface area contributed by atoms with E-state index in [9.17, 15) is 19.2 Å². The predicted molar refractivity (Wildman–Crippen MR) is 156 cm³/mol. The van der Waals surface area contributed by atoms with Gasteiger partial charge in [0.15, 0.2) is 0 Å².